The molecule has 0 aromatic rings. The molecule has 3 aliphatic heterocycles. The summed E-state index contributed by atoms with van der Waals surface area (Å²) in [6, 6.07) is 0. The van der Waals surface area contributed by atoms with Gasteiger partial charge in [0.2, 0.25) is 0 Å². The summed E-state index contributed by atoms with van der Waals surface area (Å²) in [5.41, 5.74) is 2.13. The molecule has 1 fully saturated rings. The monoisotopic (exact) mass is 277 g/mol. The Balaban J connectivity index is 1.69. The molecule has 5 nitrogen and oxygen atoms in total. The van der Waals surface area contributed by atoms with Crippen LogP contribution in [0, 0.1) is 0 Å². The Labute approximate surface area is 120 Å². The normalized spacial score (nSPS) is 25.6. The molecular formula is C15H23N3O2. The van der Waals surface area contributed by atoms with Crippen LogP contribution in [0.25, 0.3) is 0 Å². The standard InChI is InChI=1S/C15H23N3O2/c1-15(2,3)20-14(19)17-7-8-18-12(10-17)9-11-5-4-6-16-13(11)18/h5,9,13,16H,4,6-8,10H2,1-3H3. The van der Waals surface area contributed by atoms with E-state index in [4.69, 9.17) is 4.74 Å². The van der Waals surface area contributed by atoms with Crippen LogP contribution in [0.3, 0.4) is 0 Å². The number of nitrogens with zero attached hydrogens (tertiary/aromatic N) is 2. The van der Waals surface area contributed by atoms with Crippen LogP contribution < -0.4 is 5.32 Å². The highest BCUT2D eigenvalue weighted by molar-refractivity contribution is 5.69. The third kappa shape index (κ3) is 2.54. The number of hydrogen-bond acceptors (Lipinski definition) is 4. The Kier molecular flexibility index (Phi) is 3.24. The molecule has 1 N–H and O–H groups in total. The molecule has 3 heterocycles. The van der Waals surface area contributed by atoms with Crippen LogP contribution in [0.4, 0.5) is 4.79 Å². The van der Waals surface area contributed by atoms with Gasteiger partial charge in [0.25, 0.3) is 0 Å². The van der Waals surface area contributed by atoms with Crippen LogP contribution in [-0.2, 0) is 4.74 Å². The molecule has 0 bridgehead atoms. The molecule has 0 saturated carbocycles. The number of amides is 1. The van der Waals surface area contributed by atoms with Gasteiger partial charge in [0.1, 0.15) is 11.8 Å². The fourth-order valence-electron chi connectivity index (χ4n) is 2.95. The summed E-state index contributed by atoms with van der Waals surface area (Å²) in [5, 5.41) is 3.53. The molecular weight excluding hydrogens is 254 g/mol. The van der Waals surface area contributed by atoms with Gasteiger partial charge in [-0.3, -0.25) is 5.32 Å². The SMILES string of the molecule is CC(C)(C)OC(=O)N1CCN2C(=CC3=CCCNC32)C1. The van der Waals surface area contributed by atoms with Gasteiger partial charge in [-0.25, -0.2) is 4.79 Å². The van der Waals surface area contributed by atoms with E-state index in [9.17, 15) is 4.79 Å². The van der Waals surface area contributed by atoms with Crippen molar-refractivity contribution in [2.75, 3.05) is 26.2 Å². The highest BCUT2D eigenvalue weighted by Crippen LogP contribution is 2.30. The Hall–Kier alpha value is -1.49. The second kappa shape index (κ2) is 4.81. The maximum atomic E-state index is 12.1. The summed E-state index contributed by atoms with van der Waals surface area (Å²) in [4.78, 5) is 16.3. The summed E-state index contributed by atoms with van der Waals surface area (Å²) < 4.78 is 5.46. The van der Waals surface area contributed by atoms with Crippen LogP contribution in [0.15, 0.2) is 23.4 Å². The Morgan fingerprint density at radius 3 is 2.95 bits per heavy atom. The van der Waals surface area contributed by atoms with Crippen molar-refractivity contribution >= 4 is 6.09 Å². The summed E-state index contributed by atoms with van der Waals surface area (Å²) in [6.07, 6.45) is 5.70. The number of fused-ring (bicyclic) bond motifs is 3. The third-order valence-electron chi connectivity index (χ3n) is 3.81. The van der Waals surface area contributed by atoms with Gasteiger partial charge >= 0.3 is 6.09 Å². The van der Waals surface area contributed by atoms with E-state index in [2.05, 4.69) is 22.4 Å². The van der Waals surface area contributed by atoms with Gasteiger partial charge in [0, 0.05) is 25.3 Å². The van der Waals surface area contributed by atoms with Crippen molar-refractivity contribution < 1.29 is 9.53 Å². The van der Waals surface area contributed by atoms with Crippen LogP contribution >= 0.6 is 0 Å². The second-order valence-electron chi connectivity index (χ2n) is 6.58. The minimum Gasteiger partial charge on any atom is -0.444 e. The molecule has 1 unspecified atom stereocenters. The van der Waals surface area contributed by atoms with E-state index in [0.717, 1.165) is 26.1 Å². The summed E-state index contributed by atoms with van der Waals surface area (Å²) in [6.45, 7) is 8.96. The van der Waals surface area contributed by atoms with E-state index in [0.29, 0.717) is 12.7 Å². The lowest BCUT2D eigenvalue weighted by molar-refractivity contribution is 0.0185. The summed E-state index contributed by atoms with van der Waals surface area (Å²) in [5.74, 6) is 0. The minimum absolute atomic E-state index is 0.213. The van der Waals surface area contributed by atoms with Crippen molar-refractivity contribution in [1.82, 2.24) is 15.1 Å². The van der Waals surface area contributed by atoms with Crippen molar-refractivity contribution in [2.45, 2.75) is 39.0 Å². The maximum absolute atomic E-state index is 12.1. The third-order valence-corrected chi connectivity index (χ3v) is 3.81. The van der Waals surface area contributed by atoms with Crippen LogP contribution in [0.5, 0.6) is 0 Å². The number of piperazine rings is 1. The van der Waals surface area contributed by atoms with E-state index in [1.807, 2.05) is 20.8 Å². The van der Waals surface area contributed by atoms with Crippen LogP contribution in [0.2, 0.25) is 0 Å². The lowest BCUT2D eigenvalue weighted by atomic mass is 10.1. The Morgan fingerprint density at radius 2 is 2.20 bits per heavy atom. The topological polar surface area (TPSA) is 44.8 Å². The zero-order valence-electron chi connectivity index (χ0n) is 12.5. The van der Waals surface area contributed by atoms with Crippen molar-refractivity contribution in [3.8, 4) is 0 Å². The predicted octanol–water partition coefficient (Wildman–Crippen LogP) is 1.68. The Morgan fingerprint density at radius 1 is 1.40 bits per heavy atom. The molecule has 0 aliphatic carbocycles. The number of ether oxygens (including phenoxy) is 1. The van der Waals surface area contributed by atoms with Gasteiger partial charge in [0.15, 0.2) is 0 Å². The zero-order valence-corrected chi connectivity index (χ0v) is 12.5. The van der Waals surface area contributed by atoms with Crippen molar-refractivity contribution in [1.29, 1.82) is 0 Å². The predicted molar refractivity (Wildman–Crippen MR) is 77.1 cm³/mol. The smallest absolute Gasteiger partial charge is 0.410 e. The fraction of sp³-hybridized carbons (Fsp3) is 0.667. The van der Waals surface area contributed by atoms with E-state index in [1.165, 1.54) is 11.3 Å². The Bertz CT molecular complexity index is 476. The molecule has 5 heteroatoms. The summed E-state index contributed by atoms with van der Waals surface area (Å²) >= 11 is 0. The number of hydrogen-bond donors (Lipinski definition) is 1. The van der Waals surface area contributed by atoms with Gasteiger partial charge in [-0.15, -0.1) is 0 Å². The van der Waals surface area contributed by atoms with E-state index in [-0.39, 0.29) is 6.09 Å². The highest BCUT2D eigenvalue weighted by atomic mass is 16.6. The largest absolute Gasteiger partial charge is 0.444 e. The number of nitrogens with one attached hydrogen (secondary N) is 1. The van der Waals surface area contributed by atoms with Gasteiger partial charge in [-0.1, -0.05) is 6.08 Å². The molecule has 3 rings (SSSR count). The molecule has 0 aromatic carbocycles. The first-order valence-corrected chi connectivity index (χ1v) is 7.33. The van der Waals surface area contributed by atoms with Crippen molar-refractivity contribution in [2.24, 2.45) is 0 Å². The first-order chi connectivity index (χ1) is 9.44. The van der Waals surface area contributed by atoms with Crippen LogP contribution in [0.1, 0.15) is 27.2 Å². The van der Waals surface area contributed by atoms with Crippen molar-refractivity contribution in [3.05, 3.63) is 23.4 Å². The first kappa shape index (κ1) is 13.5. The first-order valence-electron chi connectivity index (χ1n) is 7.33. The molecule has 1 amide bonds. The number of rotatable bonds is 0. The summed E-state index contributed by atoms with van der Waals surface area (Å²) in [7, 11) is 0. The highest BCUT2D eigenvalue weighted by Gasteiger charge is 2.36. The molecule has 0 spiro atoms. The quantitative estimate of drug-likeness (QED) is 0.732. The second-order valence-corrected chi connectivity index (χ2v) is 6.58. The van der Waals surface area contributed by atoms with E-state index in [1.54, 1.807) is 4.90 Å². The lowest BCUT2D eigenvalue weighted by Gasteiger charge is -2.40. The molecule has 1 atom stereocenters. The van der Waals surface area contributed by atoms with E-state index < -0.39 is 5.60 Å². The molecule has 1 saturated heterocycles. The average molecular weight is 277 g/mol. The fourth-order valence-corrected chi connectivity index (χ4v) is 2.95. The number of carbonyl (C=O) groups excluding carboxylic acids is 1. The van der Waals surface area contributed by atoms with Gasteiger partial charge in [-0.05, 0) is 38.8 Å². The molecule has 0 radical (unpaired) electrons. The maximum Gasteiger partial charge on any atom is 0.410 e. The average Bonchev–Trinajstić information content (AvgIpc) is 2.74. The van der Waals surface area contributed by atoms with E-state index >= 15 is 0 Å². The van der Waals surface area contributed by atoms with Crippen molar-refractivity contribution in [3.63, 3.8) is 0 Å². The minimum atomic E-state index is -0.434. The molecule has 0 aromatic heterocycles. The van der Waals surface area contributed by atoms with Gasteiger partial charge in [0.05, 0.1) is 6.54 Å². The number of carbonyl (C=O) groups is 1. The molecule has 20 heavy (non-hydrogen) atoms. The molecule has 3 aliphatic rings. The van der Waals surface area contributed by atoms with Crippen LogP contribution in [-0.4, -0.2) is 53.8 Å². The lowest BCUT2D eigenvalue weighted by Crippen LogP contribution is -2.53. The van der Waals surface area contributed by atoms with Gasteiger partial charge in [-0.2, -0.15) is 0 Å². The zero-order chi connectivity index (χ0) is 14.3. The molecule has 110 valence electrons. The van der Waals surface area contributed by atoms with Gasteiger partial charge < -0.3 is 14.5 Å².